The Kier molecular flexibility index (Phi) is 3.05. The third-order valence-electron chi connectivity index (χ3n) is 2.80. The number of esters is 1. The Morgan fingerprint density at radius 3 is 2.56 bits per heavy atom. The predicted octanol–water partition coefficient (Wildman–Crippen LogP) is 2.40. The lowest BCUT2D eigenvalue weighted by Gasteiger charge is -2.22. The summed E-state index contributed by atoms with van der Waals surface area (Å²) in [6.07, 6.45) is 3.41. The van der Waals surface area contributed by atoms with Gasteiger partial charge < -0.3 is 4.74 Å². The second kappa shape index (κ2) is 4.33. The monoisotopic (exact) mass is 239 g/mol. The van der Waals surface area contributed by atoms with E-state index in [1.807, 2.05) is 0 Å². The minimum absolute atomic E-state index is 0.122. The Morgan fingerprint density at radius 2 is 2.12 bits per heavy atom. The average molecular weight is 239 g/mol. The molecule has 1 heterocycles. The van der Waals surface area contributed by atoms with Gasteiger partial charge >= 0.3 is 5.97 Å². The second-order valence-corrected chi connectivity index (χ2v) is 4.94. The summed E-state index contributed by atoms with van der Waals surface area (Å²) in [5.74, 6) is -0.211. The largest absolute Gasteiger partial charge is 0.464 e. The van der Waals surface area contributed by atoms with E-state index in [0.29, 0.717) is 10.8 Å². The van der Waals surface area contributed by atoms with Crippen LogP contribution in [0.15, 0.2) is 0 Å². The van der Waals surface area contributed by atoms with E-state index in [1.54, 1.807) is 0 Å². The molecule has 1 saturated carbocycles. The maximum Gasteiger partial charge on any atom is 0.358 e. The molecule has 1 aromatic heterocycles. The van der Waals surface area contributed by atoms with E-state index in [4.69, 9.17) is 0 Å². The third kappa shape index (κ3) is 1.87. The molecule has 0 unspecified atom stereocenters. The van der Waals surface area contributed by atoms with Gasteiger partial charge in [0.15, 0.2) is 11.5 Å². The van der Waals surface area contributed by atoms with Crippen molar-refractivity contribution in [2.24, 2.45) is 0 Å². The Morgan fingerprint density at radius 1 is 1.44 bits per heavy atom. The summed E-state index contributed by atoms with van der Waals surface area (Å²) in [6.45, 7) is 1.45. The molecule has 1 aliphatic carbocycles. The van der Waals surface area contributed by atoms with E-state index in [9.17, 15) is 9.59 Å². The number of ether oxygens (including phenoxy) is 1. The first-order chi connectivity index (χ1) is 7.63. The summed E-state index contributed by atoms with van der Waals surface area (Å²) in [5, 5.41) is 0.900. The van der Waals surface area contributed by atoms with Gasteiger partial charge in [-0.25, -0.2) is 9.78 Å². The predicted molar refractivity (Wildman–Crippen MR) is 60.1 cm³/mol. The number of ketones is 1. The van der Waals surface area contributed by atoms with Gasteiger partial charge in [0.25, 0.3) is 0 Å². The number of carbonyl (C=O) groups excluding carboxylic acids is 2. The number of thiazole rings is 1. The number of rotatable bonds is 3. The summed E-state index contributed by atoms with van der Waals surface area (Å²) in [4.78, 5) is 27.5. The molecule has 1 aromatic rings. The molecule has 16 heavy (non-hydrogen) atoms. The van der Waals surface area contributed by atoms with Crippen molar-refractivity contribution in [3.8, 4) is 0 Å². The Bertz CT molecular complexity index is 434. The zero-order valence-electron chi connectivity index (χ0n) is 9.28. The fourth-order valence-electron chi connectivity index (χ4n) is 1.64. The van der Waals surface area contributed by atoms with Crippen molar-refractivity contribution in [3.05, 3.63) is 15.6 Å². The highest BCUT2D eigenvalue weighted by Gasteiger charge is 2.28. The Hall–Kier alpha value is -1.23. The van der Waals surface area contributed by atoms with Gasteiger partial charge in [0, 0.05) is 12.8 Å². The van der Waals surface area contributed by atoms with Gasteiger partial charge in [0.2, 0.25) is 0 Å². The van der Waals surface area contributed by atoms with Crippen molar-refractivity contribution in [1.82, 2.24) is 4.98 Å². The Balaban J connectivity index is 2.36. The maximum absolute atomic E-state index is 11.5. The zero-order valence-corrected chi connectivity index (χ0v) is 10.1. The number of Topliss-reactive ketones (excluding diaryl/α,β-unsaturated/α-hetero) is 1. The van der Waals surface area contributed by atoms with Crippen LogP contribution in [0.5, 0.6) is 0 Å². The van der Waals surface area contributed by atoms with E-state index in [1.165, 1.54) is 31.8 Å². The standard InChI is InChI=1S/C11H13NO3S/c1-6(13)9-8(11(14)15-2)12-10(16-9)7-4-3-5-7/h7H,3-5H2,1-2H3. The molecule has 0 amide bonds. The number of carbonyl (C=O) groups is 2. The molecule has 2 rings (SSSR count). The minimum Gasteiger partial charge on any atom is -0.464 e. The Labute approximate surface area is 97.6 Å². The molecule has 0 saturated heterocycles. The minimum atomic E-state index is -0.521. The van der Waals surface area contributed by atoms with E-state index in [0.717, 1.165) is 17.8 Å². The lowest BCUT2D eigenvalue weighted by molar-refractivity contribution is 0.0591. The van der Waals surface area contributed by atoms with Gasteiger partial charge in [0.05, 0.1) is 12.1 Å². The number of aromatic nitrogens is 1. The van der Waals surface area contributed by atoms with Crippen LogP contribution in [0.3, 0.4) is 0 Å². The van der Waals surface area contributed by atoms with Crippen LogP contribution in [0.1, 0.15) is 57.3 Å². The van der Waals surface area contributed by atoms with Crippen LogP contribution in [0.4, 0.5) is 0 Å². The molecule has 0 bridgehead atoms. The number of hydrogen-bond acceptors (Lipinski definition) is 5. The topological polar surface area (TPSA) is 56.3 Å². The van der Waals surface area contributed by atoms with Gasteiger partial charge in [-0.15, -0.1) is 11.3 Å². The fraction of sp³-hybridized carbons (Fsp3) is 0.545. The van der Waals surface area contributed by atoms with Gasteiger partial charge in [0.1, 0.15) is 4.88 Å². The molecule has 0 spiro atoms. The van der Waals surface area contributed by atoms with E-state index >= 15 is 0 Å². The molecule has 0 aromatic carbocycles. The average Bonchev–Trinajstić information content (AvgIpc) is 2.58. The highest BCUT2D eigenvalue weighted by molar-refractivity contribution is 7.14. The lowest BCUT2D eigenvalue weighted by atomic mass is 9.86. The van der Waals surface area contributed by atoms with Gasteiger partial charge in [-0.1, -0.05) is 6.42 Å². The van der Waals surface area contributed by atoms with Crippen LogP contribution in [-0.2, 0) is 4.74 Å². The van der Waals surface area contributed by atoms with Crippen LogP contribution < -0.4 is 0 Å². The first-order valence-electron chi connectivity index (χ1n) is 5.23. The van der Waals surface area contributed by atoms with Crippen molar-refractivity contribution >= 4 is 23.1 Å². The zero-order chi connectivity index (χ0) is 11.7. The van der Waals surface area contributed by atoms with Crippen LogP contribution in [0.25, 0.3) is 0 Å². The van der Waals surface area contributed by atoms with E-state index in [-0.39, 0.29) is 11.5 Å². The molecule has 0 aliphatic heterocycles. The summed E-state index contributed by atoms with van der Waals surface area (Å²) in [7, 11) is 1.30. The molecule has 0 radical (unpaired) electrons. The lowest BCUT2D eigenvalue weighted by Crippen LogP contribution is -2.10. The quantitative estimate of drug-likeness (QED) is 0.600. The highest BCUT2D eigenvalue weighted by Crippen LogP contribution is 2.39. The smallest absolute Gasteiger partial charge is 0.358 e. The van der Waals surface area contributed by atoms with Crippen molar-refractivity contribution in [3.63, 3.8) is 0 Å². The second-order valence-electron chi connectivity index (χ2n) is 3.91. The van der Waals surface area contributed by atoms with Crippen molar-refractivity contribution in [2.75, 3.05) is 7.11 Å². The van der Waals surface area contributed by atoms with E-state index in [2.05, 4.69) is 9.72 Å². The molecular formula is C11H13NO3S. The van der Waals surface area contributed by atoms with Crippen LogP contribution in [0, 0.1) is 0 Å². The first kappa shape index (κ1) is 11.3. The molecule has 86 valence electrons. The van der Waals surface area contributed by atoms with Crippen molar-refractivity contribution in [1.29, 1.82) is 0 Å². The van der Waals surface area contributed by atoms with Crippen molar-refractivity contribution < 1.29 is 14.3 Å². The van der Waals surface area contributed by atoms with E-state index < -0.39 is 5.97 Å². The summed E-state index contributed by atoms with van der Waals surface area (Å²) in [5.41, 5.74) is 0.182. The van der Waals surface area contributed by atoms with Gasteiger partial charge in [-0.05, 0) is 12.8 Å². The third-order valence-corrected chi connectivity index (χ3v) is 4.12. The summed E-state index contributed by atoms with van der Waals surface area (Å²) in [6, 6.07) is 0. The molecule has 1 aliphatic rings. The summed E-state index contributed by atoms with van der Waals surface area (Å²) < 4.78 is 4.62. The normalized spacial score (nSPS) is 15.6. The van der Waals surface area contributed by atoms with Gasteiger partial charge in [-0.2, -0.15) is 0 Å². The van der Waals surface area contributed by atoms with Crippen LogP contribution >= 0.6 is 11.3 Å². The highest BCUT2D eigenvalue weighted by atomic mass is 32.1. The number of nitrogens with zero attached hydrogens (tertiary/aromatic N) is 1. The first-order valence-corrected chi connectivity index (χ1v) is 6.05. The summed E-state index contributed by atoms with van der Waals surface area (Å²) >= 11 is 1.33. The number of hydrogen-bond donors (Lipinski definition) is 0. The molecule has 0 atom stereocenters. The molecule has 1 fully saturated rings. The molecule has 0 N–H and O–H groups in total. The number of methoxy groups -OCH3 is 1. The molecule has 4 nitrogen and oxygen atoms in total. The van der Waals surface area contributed by atoms with Crippen LogP contribution in [0.2, 0.25) is 0 Å². The molecular weight excluding hydrogens is 226 g/mol. The maximum atomic E-state index is 11.5. The van der Waals surface area contributed by atoms with Crippen LogP contribution in [-0.4, -0.2) is 23.8 Å². The fourth-order valence-corrected chi connectivity index (χ4v) is 2.76. The SMILES string of the molecule is COC(=O)c1nc(C2CCC2)sc1C(C)=O. The van der Waals surface area contributed by atoms with Crippen molar-refractivity contribution in [2.45, 2.75) is 32.1 Å². The molecule has 5 heteroatoms. The van der Waals surface area contributed by atoms with Gasteiger partial charge in [-0.3, -0.25) is 4.79 Å².